The van der Waals surface area contributed by atoms with E-state index in [1.54, 1.807) is 0 Å². The molecule has 1 aliphatic heterocycles. The second kappa shape index (κ2) is 12.7. The van der Waals surface area contributed by atoms with Crippen LogP contribution in [0.15, 0.2) is 29.3 Å². The highest BCUT2D eigenvalue weighted by atomic mass is 127. The minimum Gasteiger partial charge on any atom is -0.494 e. The molecular weight excluding hydrogens is 433 g/mol. The van der Waals surface area contributed by atoms with Gasteiger partial charge < -0.3 is 15.4 Å². The number of hydrogen-bond acceptors (Lipinski definition) is 3. The summed E-state index contributed by atoms with van der Waals surface area (Å²) in [6, 6.07) is 8.27. The van der Waals surface area contributed by atoms with Gasteiger partial charge in [0.05, 0.1) is 6.61 Å². The topological polar surface area (TPSA) is 45.6 Å². The molecule has 1 aliphatic rings. The first kappa shape index (κ1) is 21.4. The van der Waals surface area contributed by atoms with Gasteiger partial charge in [0.1, 0.15) is 5.75 Å². The van der Waals surface area contributed by atoms with E-state index in [9.17, 15) is 0 Å². The molecule has 0 amide bonds. The summed E-state index contributed by atoms with van der Waals surface area (Å²) in [6.45, 7) is 4.70. The van der Waals surface area contributed by atoms with Crippen LogP contribution in [-0.2, 0) is 6.54 Å². The molecule has 136 valence electrons. The summed E-state index contributed by atoms with van der Waals surface area (Å²) in [5, 5.41) is 7.53. The molecule has 24 heavy (non-hydrogen) atoms. The van der Waals surface area contributed by atoms with Crippen LogP contribution in [0.2, 0.25) is 0 Å². The molecule has 0 saturated carbocycles. The Hall–Kier alpha value is -0.630. The van der Waals surface area contributed by atoms with E-state index in [0.717, 1.165) is 49.5 Å². The fourth-order valence-corrected chi connectivity index (χ4v) is 3.70. The van der Waals surface area contributed by atoms with Gasteiger partial charge >= 0.3 is 0 Å². The second-order valence-corrected chi connectivity index (χ2v) is 7.20. The summed E-state index contributed by atoms with van der Waals surface area (Å²) in [6.07, 6.45) is 4.90. The minimum atomic E-state index is 0. The van der Waals surface area contributed by atoms with Crippen molar-refractivity contribution in [3.8, 4) is 5.75 Å². The van der Waals surface area contributed by atoms with Crippen molar-refractivity contribution in [3.05, 3.63) is 29.8 Å². The Balaban J connectivity index is 0.00000288. The van der Waals surface area contributed by atoms with Gasteiger partial charge in [0.2, 0.25) is 0 Å². The minimum absolute atomic E-state index is 0. The van der Waals surface area contributed by atoms with E-state index in [1.807, 2.05) is 19.2 Å². The maximum absolute atomic E-state index is 5.76. The molecule has 0 bridgehead atoms. The molecule has 0 spiro atoms. The highest BCUT2D eigenvalue weighted by Gasteiger charge is 2.15. The van der Waals surface area contributed by atoms with Crippen LogP contribution >= 0.6 is 35.7 Å². The number of nitrogens with zero attached hydrogens (tertiary/aromatic N) is 1. The van der Waals surface area contributed by atoms with Crippen LogP contribution in [-0.4, -0.2) is 37.2 Å². The molecule has 0 aliphatic carbocycles. The van der Waals surface area contributed by atoms with E-state index in [1.165, 1.54) is 24.2 Å². The number of aliphatic imine (C=N–C) groups is 1. The molecule has 0 radical (unpaired) electrons. The lowest BCUT2D eigenvalue weighted by Gasteiger charge is -2.15. The van der Waals surface area contributed by atoms with Crippen molar-refractivity contribution in [2.75, 3.05) is 26.0 Å². The lowest BCUT2D eigenvalue weighted by molar-refractivity contribution is 0.309. The predicted molar refractivity (Wildman–Crippen MR) is 116 cm³/mol. The molecule has 1 saturated heterocycles. The third-order valence-electron chi connectivity index (χ3n) is 3.87. The van der Waals surface area contributed by atoms with Crippen LogP contribution in [0.4, 0.5) is 0 Å². The highest BCUT2D eigenvalue weighted by Crippen LogP contribution is 2.25. The summed E-state index contributed by atoms with van der Waals surface area (Å²) in [7, 11) is 1.82. The zero-order chi connectivity index (χ0) is 16.3. The molecule has 1 heterocycles. The van der Waals surface area contributed by atoms with Crippen molar-refractivity contribution in [2.24, 2.45) is 4.99 Å². The number of hydrogen-bond donors (Lipinski definition) is 2. The lowest BCUT2D eigenvalue weighted by atomic mass is 10.2. The van der Waals surface area contributed by atoms with Gasteiger partial charge in [0.15, 0.2) is 5.96 Å². The van der Waals surface area contributed by atoms with Gasteiger partial charge in [-0.15, -0.1) is 24.0 Å². The van der Waals surface area contributed by atoms with Crippen molar-refractivity contribution in [3.63, 3.8) is 0 Å². The number of unbranched alkanes of at least 4 members (excludes halogenated alkanes) is 1. The van der Waals surface area contributed by atoms with E-state index >= 15 is 0 Å². The molecular formula is C18H30IN3OS. The molecule has 2 N–H and O–H groups in total. The molecule has 1 unspecified atom stereocenters. The third-order valence-corrected chi connectivity index (χ3v) is 5.27. The van der Waals surface area contributed by atoms with Crippen LogP contribution in [0.5, 0.6) is 5.75 Å². The summed E-state index contributed by atoms with van der Waals surface area (Å²) in [4.78, 5) is 4.30. The number of ether oxygens (including phenoxy) is 1. The van der Waals surface area contributed by atoms with Crippen LogP contribution in [0.25, 0.3) is 0 Å². The monoisotopic (exact) mass is 463 g/mol. The first-order valence-corrected chi connectivity index (χ1v) is 9.64. The van der Waals surface area contributed by atoms with Crippen molar-refractivity contribution in [1.82, 2.24) is 10.6 Å². The molecule has 6 heteroatoms. The number of thioether (sulfide) groups is 1. The first-order chi connectivity index (χ1) is 11.3. The summed E-state index contributed by atoms with van der Waals surface area (Å²) >= 11 is 2.06. The quantitative estimate of drug-likeness (QED) is 0.264. The molecule has 1 aromatic carbocycles. The average molecular weight is 463 g/mol. The SMILES string of the molecule is CCCCOc1cccc(CNC(=NC)NCC2CCCS2)c1.I. The number of benzene rings is 1. The predicted octanol–water partition coefficient (Wildman–Crippen LogP) is 4.04. The Morgan fingerprint density at radius 3 is 2.96 bits per heavy atom. The lowest BCUT2D eigenvalue weighted by Crippen LogP contribution is -2.39. The van der Waals surface area contributed by atoms with Gasteiger partial charge in [0, 0.05) is 25.4 Å². The van der Waals surface area contributed by atoms with Gasteiger partial charge in [-0.1, -0.05) is 25.5 Å². The van der Waals surface area contributed by atoms with Crippen LogP contribution < -0.4 is 15.4 Å². The largest absolute Gasteiger partial charge is 0.494 e. The van der Waals surface area contributed by atoms with Crippen LogP contribution in [0.3, 0.4) is 0 Å². The van der Waals surface area contributed by atoms with Crippen molar-refractivity contribution < 1.29 is 4.74 Å². The Labute approximate surface area is 167 Å². The summed E-state index contributed by atoms with van der Waals surface area (Å²) in [5.74, 6) is 3.11. The smallest absolute Gasteiger partial charge is 0.191 e. The van der Waals surface area contributed by atoms with Gasteiger partial charge in [-0.25, -0.2) is 0 Å². The molecule has 0 aromatic heterocycles. The van der Waals surface area contributed by atoms with Crippen LogP contribution in [0.1, 0.15) is 38.2 Å². The Kier molecular flexibility index (Phi) is 11.3. The fourth-order valence-electron chi connectivity index (χ4n) is 2.50. The molecule has 4 nitrogen and oxygen atoms in total. The van der Waals surface area contributed by atoms with E-state index in [2.05, 4.69) is 46.4 Å². The second-order valence-electron chi connectivity index (χ2n) is 5.79. The molecule has 1 fully saturated rings. The zero-order valence-electron chi connectivity index (χ0n) is 14.7. The van der Waals surface area contributed by atoms with Crippen molar-refractivity contribution in [1.29, 1.82) is 0 Å². The zero-order valence-corrected chi connectivity index (χ0v) is 17.9. The summed E-state index contributed by atoms with van der Waals surface area (Å²) < 4.78 is 5.76. The first-order valence-electron chi connectivity index (χ1n) is 8.59. The Morgan fingerprint density at radius 1 is 1.38 bits per heavy atom. The van der Waals surface area contributed by atoms with E-state index in [0.29, 0.717) is 0 Å². The van der Waals surface area contributed by atoms with Crippen molar-refractivity contribution in [2.45, 2.75) is 44.4 Å². The number of halogens is 1. The normalized spacial score (nSPS) is 17.2. The van der Waals surface area contributed by atoms with Gasteiger partial charge in [-0.3, -0.25) is 4.99 Å². The fraction of sp³-hybridized carbons (Fsp3) is 0.611. The van der Waals surface area contributed by atoms with E-state index < -0.39 is 0 Å². The molecule has 1 atom stereocenters. The average Bonchev–Trinajstić information content (AvgIpc) is 3.09. The Bertz CT molecular complexity index is 493. The number of guanidine groups is 1. The van der Waals surface area contributed by atoms with Crippen LogP contribution in [0, 0.1) is 0 Å². The maximum Gasteiger partial charge on any atom is 0.191 e. The van der Waals surface area contributed by atoms with E-state index in [-0.39, 0.29) is 24.0 Å². The van der Waals surface area contributed by atoms with Gasteiger partial charge in [0.25, 0.3) is 0 Å². The number of nitrogens with one attached hydrogen (secondary N) is 2. The third kappa shape index (κ3) is 7.96. The summed E-state index contributed by atoms with van der Waals surface area (Å²) in [5.41, 5.74) is 1.21. The molecule has 2 rings (SSSR count). The maximum atomic E-state index is 5.76. The van der Waals surface area contributed by atoms with Crippen molar-refractivity contribution >= 4 is 41.7 Å². The van der Waals surface area contributed by atoms with Gasteiger partial charge in [-0.2, -0.15) is 11.8 Å². The number of rotatable bonds is 8. The standard InChI is InChI=1S/C18H29N3OS.HI/c1-3-4-10-22-16-8-5-7-15(12-16)13-20-18(19-2)21-14-17-9-6-11-23-17;/h5,7-8,12,17H,3-4,6,9-11,13-14H2,1-2H3,(H2,19,20,21);1H. The molecule has 1 aromatic rings. The van der Waals surface area contributed by atoms with Gasteiger partial charge in [-0.05, 0) is 42.7 Å². The Morgan fingerprint density at radius 2 is 2.25 bits per heavy atom. The highest BCUT2D eigenvalue weighted by molar-refractivity contribution is 14.0. The van der Waals surface area contributed by atoms with E-state index in [4.69, 9.17) is 4.74 Å².